The molecule has 0 unspecified atom stereocenters. The third kappa shape index (κ3) is 3.82. The summed E-state index contributed by atoms with van der Waals surface area (Å²) in [7, 11) is 0. The second-order valence-corrected chi connectivity index (χ2v) is 15.9. The van der Waals surface area contributed by atoms with Crippen molar-refractivity contribution in [2.24, 2.45) is 57.7 Å². The Morgan fingerprint density at radius 1 is 0.851 bits per heavy atom. The zero-order chi connectivity index (χ0) is 34.5. The van der Waals surface area contributed by atoms with E-state index in [1.54, 1.807) is 26.8 Å². The van der Waals surface area contributed by atoms with Gasteiger partial charge in [0.15, 0.2) is 11.4 Å². The molecule has 2 aliphatic heterocycles. The Morgan fingerprint density at radius 2 is 1.45 bits per heavy atom. The highest BCUT2D eigenvalue weighted by molar-refractivity contribution is 5.88. The maximum atomic E-state index is 14.3. The molecule has 5 aliphatic carbocycles. The number of carbonyl (C=O) groups is 5. The van der Waals surface area contributed by atoms with E-state index in [2.05, 4.69) is 0 Å². The number of ketones is 1. The topological polar surface area (TPSA) is 195 Å². The van der Waals surface area contributed by atoms with Crippen LogP contribution in [0.3, 0.4) is 0 Å². The van der Waals surface area contributed by atoms with E-state index >= 15 is 0 Å². The molecule has 13 heteroatoms. The van der Waals surface area contributed by atoms with Crippen LogP contribution in [0.15, 0.2) is 11.8 Å². The Balaban J connectivity index is 1.49. The van der Waals surface area contributed by atoms with Gasteiger partial charge in [0, 0.05) is 61.2 Å². The standard InChI is InChI=1S/C34H44O13/c1-11-9-17-33(7,34(8,42)30(41)47-17)22-19(11)32(6)20(25(22)40)18-21(27(43-12(2)35)29(32)45-14(4)37)31(5)15(23(38)24(18)39)10-16-26(46-16)28(31)44-13(3)36/h9,11,15-16,18-22,24-29,39-40,42H,10H2,1-8H3/t11-,15-,16+,18+,19+,20-,21-,22+,24-,25-,26+,27+,28+,29+,31+,32-,33+,34-/m1/s1. The smallest absolute Gasteiger partial charge is 0.343 e. The lowest BCUT2D eigenvalue weighted by Gasteiger charge is -2.65. The molecule has 258 valence electrons. The van der Waals surface area contributed by atoms with Crippen molar-refractivity contribution in [1.29, 1.82) is 0 Å². The van der Waals surface area contributed by atoms with Gasteiger partial charge in [0.05, 0.1) is 17.6 Å². The van der Waals surface area contributed by atoms with E-state index in [0.29, 0.717) is 0 Å². The average Bonchev–Trinajstić information content (AvgIpc) is 3.65. The first-order valence-electron chi connectivity index (χ1n) is 16.5. The van der Waals surface area contributed by atoms with Crippen LogP contribution in [0.25, 0.3) is 0 Å². The summed E-state index contributed by atoms with van der Waals surface area (Å²) in [6.45, 7) is 12.1. The Morgan fingerprint density at radius 3 is 2.04 bits per heavy atom. The van der Waals surface area contributed by atoms with Gasteiger partial charge in [-0.15, -0.1) is 0 Å². The van der Waals surface area contributed by atoms with Crippen molar-refractivity contribution >= 4 is 29.7 Å². The van der Waals surface area contributed by atoms with Gasteiger partial charge in [-0.3, -0.25) is 19.2 Å². The van der Waals surface area contributed by atoms with E-state index in [1.165, 1.54) is 27.7 Å². The van der Waals surface area contributed by atoms with Gasteiger partial charge in [-0.05, 0) is 38.2 Å². The fourth-order valence-electron chi connectivity index (χ4n) is 11.9. The molecule has 0 radical (unpaired) electrons. The molecule has 6 fully saturated rings. The Hall–Kier alpha value is -2.87. The number of allylic oxidation sites excluding steroid dienone is 1. The molecule has 0 aromatic heterocycles. The summed E-state index contributed by atoms with van der Waals surface area (Å²) in [5, 5.41) is 36.4. The Kier molecular flexibility index (Phi) is 6.85. The summed E-state index contributed by atoms with van der Waals surface area (Å²) >= 11 is 0. The van der Waals surface area contributed by atoms with Crippen LogP contribution in [0.5, 0.6) is 0 Å². The summed E-state index contributed by atoms with van der Waals surface area (Å²) in [5.41, 5.74) is -6.06. The van der Waals surface area contributed by atoms with E-state index in [1.807, 2.05) is 6.92 Å². The maximum absolute atomic E-state index is 14.3. The molecule has 0 spiro atoms. The van der Waals surface area contributed by atoms with E-state index in [-0.39, 0.29) is 18.3 Å². The highest BCUT2D eigenvalue weighted by atomic mass is 16.6. The van der Waals surface area contributed by atoms with Crippen molar-refractivity contribution in [3.63, 3.8) is 0 Å². The van der Waals surface area contributed by atoms with Crippen LogP contribution in [0.2, 0.25) is 0 Å². The predicted molar refractivity (Wildman–Crippen MR) is 156 cm³/mol. The zero-order valence-electron chi connectivity index (χ0n) is 27.8. The van der Waals surface area contributed by atoms with Gasteiger partial charge >= 0.3 is 23.9 Å². The van der Waals surface area contributed by atoms with Crippen molar-refractivity contribution in [2.45, 2.75) is 110 Å². The lowest BCUT2D eigenvalue weighted by molar-refractivity contribution is -0.272. The van der Waals surface area contributed by atoms with E-state index in [4.69, 9.17) is 23.7 Å². The number of hydrogen-bond donors (Lipinski definition) is 3. The molecule has 3 N–H and O–H groups in total. The van der Waals surface area contributed by atoms with Gasteiger partial charge in [-0.1, -0.05) is 20.8 Å². The highest BCUT2D eigenvalue weighted by Crippen LogP contribution is 2.75. The minimum absolute atomic E-state index is 0.214. The second kappa shape index (κ2) is 9.86. The number of aliphatic hydroxyl groups excluding tert-OH is 2. The third-order valence-corrected chi connectivity index (χ3v) is 13.8. The fraction of sp³-hybridized carbons (Fsp3) is 0.794. The van der Waals surface area contributed by atoms with Gasteiger partial charge in [-0.25, -0.2) is 4.79 Å². The highest BCUT2D eigenvalue weighted by Gasteiger charge is 2.83. The van der Waals surface area contributed by atoms with Crippen LogP contribution in [-0.4, -0.2) is 93.3 Å². The molecule has 7 rings (SSSR count). The SMILES string of the molecule is CC(=O)O[C@H]1[C@H]2[C@H]([C@@H]3[C@@H](O)[C@@H]4[C@H]([C@H](C)C=C5OC(=O)[C@@](C)(O)[C@@]54C)[C@@]3(C)[C@H]1OC(C)=O)[C@@H](O)C(=O)[C@H]1C[C@@H]3O[C@@H]3[C@H](OC(C)=O)[C@]21C. The monoisotopic (exact) mass is 660 g/mol. The molecular weight excluding hydrogens is 616 g/mol. The molecule has 2 saturated heterocycles. The van der Waals surface area contributed by atoms with Crippen LogP contribution in [-0.2, 0) is 47.7 Å². The number of Topliss-reactive ketones (excluding diaryl/α,β-unsaturated/α-hetero) is 1. The minimum atomic E-state index is -2.06. The van der Waals surface area contributed by atoms with Crippen LogP contribution >= 0.6 is 0 Å². The van der Waals surface area contributed by atoms with E-state index in [0.717, 1.165) is 0 Å². The summed E-state index contributed by atoms with van der Waals surface area (Å²) in [6, 6.07) is 0. The van der Waals surface area contributed by atoms with E-state index < -0.39 is 130 Å². The Labute approximate surface area is 272 Å². The molecular formula is C34H44O13. The number of esters is 4. The number of carbonyl (C=O) groups excluding carboxylic acids is 5. The maximum Gasteiger partial charge on any atom is 0.343 e. The van der Waals surface area contributed by atoms with Crippen LogP contribution in [0, 0.1) is 57.7 Å². The summed E-state index contributed by atoms with van der Waals surface area (Å²) < 4.78 is 29.7. The molecule has 0 bridgehead atoms. The van der Waals surface area contributed by atoms with E-state index in [9.17, 15) is 39.3 Å². The zero-order valence-corrected chi connectivity index (χ0v) is 27.8. The van der Waals surface area contributed by atoms with Crippen LogP contribution in [0.4, 0.5) is 0 Å². The molecule has 0 amide bonds. The van der Waals surface area contributed by atoms with Gasteiger partial charge in [0.1, 0.15) is 36.3 Å². The molecule has 4 saturated carbocycles. The normalized spacial score (nSPS) is 55.1. The fourth-order valence-corrected chi connectivity index (χ4v) is 11.9. The molecule has 0 aromatic carbocycles. The van der Waals surface area contributed by atoms with Crippen molar-refractivity contribution < 1.29 is 63.0 Å². The average molecular weight is 661 g/mol. The lowest BCUT2D eigenvalue weighted by atomic mass is 9.41. The number of aliphatic hydroxyl groups is 3. The number of epoxide rings is 1. The Bertz CT molecular complexity index is 1500. The lowest BCUT2D eigenvalue weighted by Crippen LogP contribution is -2.74. The molecule has 13 nitrogen and oxygen atoms in total. The number of rotatable bonds is 3. The number of ether oxygens (including phenoxy) is 5. The molecule has 18 atom stereocenters. The molecule has 2 heterocycles. The van der Waals surface area contributed by atoms with Crippen molar-refractivity contribution in [2.75, 3.05) is 0 Å². The summed E-state index contributed by atoms with van der Waals surface area (Å²) in [4.78, 5) is 65.8. The summed E-state index contributed by atoms with van der Waals surface area (Å²) in [6.07, 6.45) is -5.37. The first-order valence-corrected chi connectivity index (χ1v) is 16.5. The quantitative estimate of drug-likeness (QED) is 0.219. The number of fused-ring (bicyclic) bond motifs is 10. The van der Waals surface area contributed by atoms with Gasteiger partial charge in [-0.2, -0.15) is 0 Å². The van der Waals surface area contributed by atoms with Gasteiger partial charge in [0.2, 0.25) is 0 Å². The van der Waals surface area contributed by atoms with Gasteiger partial charge < -0.3 is 39.0 Å². The second-order valence-electron chi connectivity index (χ2n) is 15.9. The predicted octanol–water partition coefficient (Wildman–Crippen LogP) is 0.842. The summed E-state index contributed by atoms with van der Waals surface area (Å²) in [5.74, 6) is -8.98. The third-order valence-electron chi connectivity index (χ3n) is 13.8. The van der Waals surface area contributed by atoms with Crippen LogP contribution < -0.4 is 0 Å². The van der Waals surface area contributed by atoms with Crippen molar-refractivity contribution in [3.8, 4) is 0 Å². The molecule has 47 heavy (non-hydrogen) atoms. The molecule has 0 aromatic rings. The first kappa shape index (κ1) is 32.7. The van der Waals surface area contributed by atoms with Crippen LogP contribution in [0.1, 0.15) is 61.8 Å². The first-order chi connectivity index (χ1) is 21.7. The van der Waals surface area contributed by atoms with Crippen molar-refractivity contribution in [1.82, 2.24) is 0 Å². The minimum Gasteiger partial charge on any atom is -0.459 e. The van der Waals surface area contributed by atoms with Gasteiger partial charge in [0.25, 0.3) is 0 Å². The largest absolute Gasteiger partial charge is 0.459 e. The van der Waals surface area contributed by atoms with Crippen molar-refractivity contribution in [3.05, 3.63) is 11.8 Å². The number of hydrogen-bond acceptors (Lipinski definition) is 13. The molecule has 7 aliphatic rings.